The topological polar surface area (TPSA) is 55.4 Å². The van der Waals surface area contributed by atoms with Crippen molar-refractivity contribution in [3.63, 3.8) is 0 Å². The predicted molar refractivity (Wildman–Crippen MR) is 76.8 cm³/mol. The predicted octanol–water partition coefficient (Wildman–Crippen LogP) is 3.19. The molecule has 0 bridgehead atoms. The van der Waals surface area contributed by atoms with Gasteiger partial charge in [0.1, 0.15) is 28.8 Å². The van der Waals surface area contributed by atoms with Crippen LogP contribution in [0.2, 0.25) is 0 Å². The van der Waals surface area contributed by atoms with Crippen LogP contribution in [0.3, 0.4) is 0 Å². The van der Waals surface area contributed by atoms with Gasteiger partial charge in [-0.25, -0.2) is 13.6 Å². The van der Waals surface area contributed by atoms with Crippen molar-refractivity contribution in [2.75, 3.05) is 0 Å². The van der Waals surface area contributed by atoms with Crippen molar-refractivity contribution in [2.45, 2.75) is 39.3 Å². The number of benzene rings is 1. The van der Waals surface area contributed by atoms with E-state index >= 15 is 0 Å². The van der Waals surface area contributed by atoms with Crippen LogP contribution < -0.4 is 5.32 Å². The molecule has 1 amide bonds. The number of amides is 1. The molecule has 1 rings (SSSR count). The highest BCUT2D eigenvalue weighted by Gasteiger charge is 2.26. The quantitative estimate of drug-likeness (QED) is 0.839. The highest BCUT2D eigenvalue weighted by Crippen LogP contribution is 2.19. The number of hydrogen-bond acceptors (Lipinski definition) is 3. The smallest absolute Gasteiger partial charge is 0.328 e. The molecule has 0 fully saturated rings. The molecule has 1 aromatic carbocycles. The number of nitrogens with one attached hydrogen (secondary N) is 1. The summed E-state index contributed by atoms with van der Waals surface area (Å²) in [5.41, 5.74) is -1.46. The third-order valence-corrected chi connectivity index (χ3v) is 2.80. The first-order valence-corrected chi connectivity index (χ1v) is 6.99. The highest BCUT2D eigenvalue weighted by atomic mass is 79.9. The minimum absolute atomic E-state index is 0.175. The molecule has 0 aliphatic carbocycles. The molecule has 0 aliphatic rings. The second-order valence-electron chi connectivity index (χ2n) is 5.47. The summed E-state index contributed by atoms with van der Waals surface area (Å²) in [7, 11) is 0. The number of carbonyl (C=O) groups is 2. The number of esters is 1. The molecule has 0 aromatic heterocycles. The van der Waals surface area contributed by atoms with Crippen molar-refractivity contribution in [1.82, 2.24) is 5.32 Å². The van der Waals surface area contributed by atoms with E-state index in [9.17, 15) is 18.4 Å². The number of hydrogen-bond donors (Lipinski definition) is 1. The van der Waals surface area contributed by atoms with E-state index in [-0.39, 0.29) is 4.47 Å². The Hall–Kier alpha value is -1.50. The van der Waals surface area contributed by atoms with Crippen molar-refractivity contribution in [3.8, 4) is 0 Å². The Morgan fingerprint density at radius 2 is 1.71 bits per heavy atom. The van der Waals surface area contributed by atoms with Crippen LogP contribution in [0.15, 0.2) is 16.6 Å². The summed E-state index contributed by atoms with van der Waals surface area (Å²) in [5, 5.41) is 2.21. The Labute approximate surface area is 130 Å². The van der Waals surface area contributed by atoms with E-state index in [0.29, 0.717) is 0 Å². The zero-order valence-corrected chi connectivity index (χ0v) is 13.7. The lowest BCUT2D eigenvalue weighted by atomic mass is 10.1. The molecule has 7 heteroatoms. The van der Waals surface area contributed by atoms with Crippen molar-refractivity contribution in [1.29, 1.82) is 0 Å². The third-order valence-electron chi connectivity index (χ3n) is 2.34. The summed E-state index contributed by atoms with van der Waals surface area (Å²) in [6.07, 6.45) is 0. The zero-order chi connectivity index (χ0) is 16.4. The van der Waals surface area contributed by atoms with E-state index in [4.69, 9.17) is 4.74 Å². The Bertz CT molecular complexity index is 547. The van der Waals surface area contributed by atoms with Crippen molar-refractivity contribution < 1.29 is 23.1 Å². The van der Waals surface area contributed by atoms with E-state index in [2.05, 4.69) is 21.2 Å². The second-order valence-corrected chi connectivity index (χ2v) is 6.39. The summed E-state index contributed by atoms with van der Waals surface area (Å²) >= 11 is 2.92. The molecule has 0 spiro atoms. The van der Waals surface area contributed by atoms with E-state index in [0.717, 1.165) is 12.1 Å². The van der Waals surface area contributed by atoms with E-state index in [1.54, 1.807) is 20.8 Å². The molecule has 0 aliphatic heterocycles. The van der Waals surface area contributed by atoms with Gasteiger partial charge in [0.05, 0.1) is 0 Å². The monoisotopic (exact) mass is 363 g/mol. The first-order valence-electron chi connectivity index (χ1n) is 6.19. The molecule has 1 aromatic rings. The lowest BCUT2D eigenvalue weighted by Crippen LogP contribution is -2.42. The molecule has 1 N–H and O–H groups in total. The highest BCUT2D eigenvalue weighted by molar-refractivity contribution is 9.10. The number of ether oxygens (including phenoxy) is 1. The fourth-order valence-corrected chi connectivity index (χ4v) is 1.88. The van der Waals surface area contributed by atoms with Gasteiger partial charge in [0.25, 0.3) is 5.91 Å². The minimum Gasteiger partial charge on any atom is -0.458 e. The summed E-state index contributed by atoms with van der Waals surface area (Å²) in [6.45, 7) is 6.40. The molecular formula is C14H16BrF2NO3. The Morgan fingerprint density at radius 1 is 1.24 bits per heavy atom. The maximum atomic E-state index is 13.6. The molecule has 21 heavy (non-hydrogen) atoms. The zero-order valence-electron chi connectivity index (χ0n) is 12.1. The van der Waals surface area contributed by atoms with E-state index < -0.39 is 40.7 Å². The average molecular weight is 364 g/mol. The summed E-state index contributed by atoms with van der Waals surface area (Å²) in [4.78, 5) is 23.6. The summed E-state index contributed by atoms with van der Waals surface area (Å²) in [5.74, 6) is -3.74. The van der Waals surface area contributed by atoms with Crippen LogP contribution in [-0.2, 0) is 9.53 Å². The standard InChI is InChI=1S/C14H16BrF2NO3/c1-7(13(20)21-14(2,3)4)18-12(19)11-9(16)5-8(15)6-10(11)17/h5-7H,1-4H3,(H,18,19)/t7-/m1/s1. The molecule has 116 valence electrons. The Balaban J connectivity index is 2.85. The van der Waals surface area contributed by atoms with Gasteiger partial charge in [0, 0.05) is 4.47 Å². The largest absolute Gasteiger partial charge is 0.458 e. The molecule has 0 saturated heterocycles. The fourth-order valence-electron chi connectivity index (χ4n) is 1.48. The van der Waals surface area contributed by atoms with Crippen molar-refractivity contribution in [3.05, 3.63) is 33.8 Å². The van der Waals surface area contributed by atoms with Crippen LogP contribution in [0.1, 0.15) is 38.1 Å². The molecule has 0 radical (unpaired) electrons. The van der Waals surface area contributed by atoms with Gasteiger partial charge in [-0.15, -0.1) is 0 Å². The minimum atomic E-state index is -1.03. The number of halogens is 3. The summed E-state index contributed by atoms with van der Waals surface area (Å²) < 4.78 is 32.5. The number of rotatable bonds is 3. The van der Waals surface area contributed by atoms with Crippen molar-refractivity contribution in [2.24, 2.45) is 0 Å². The molecular weight excluding hydrogens is 348 g/mol. The van der Waals surface area contributed by atoms with E-state index in [1.807, 2.05) is 0 Å². The van der Waals surface area contributed by atoms with E-state index in [1.165, 1.54) is 6.92 Å². The van der Waals surface area contributed by atoms with Gasteiger partial charge < -0.3 is 10.1 Å². The Morgan fingerprint density at radius 3 is 2.14 bits per heavy atom. The maximum Gasteiger partial charge on any atom is 0.328 e. The molecule has 0 saturated carbocycles. The lowest BCUT2D eigenvalue weighted by molar-refractivity contribution is -0.156. The molecule has 0 heterocycles. The third kappa shape index (κ3) is 5.08. The molecule has 4 nitrogen and oxygen atoms in total. The Kier molecular flexibility index (Phi) is 5.44. The van der Waals surface area contributed by atoms with Gasteiger partial charge in [-0.05, 0) is 39.8 Å². The van der Waals surface area contributed by atoms with Gasteiger partial charge in [0.15, 0.2) is 0 Å². The second kappa shape index (κ2) is 6.51. The maximum absolute atomic E-state index is 13.6. The van der Waals surface area contributed by atoms with Crippen LogP contribution in [0.4, 0.5) is 8.78 Å². The van der Waals surface area contributed by atoms with Crippen LogP contribution in [-0.4, -0.2) is 23.5 Å². The first kappa shape index (κ1) is 17.6. The molecule has 1 atom stereocenters. The van der Waals surface area contributed by atoms with Gasteiger partial charge >= 0.3 is 5.97 Å². The van der Waals surface area contributed by atoms with Gasteiger partial charge in [-0.2, -0.15) is 0 Å². The number of carbonyl (C=O) groups excluding carboxylic acids is 2. The first-order chi connectivity index (χ1) is 9.51. The normalized spacial score (nSPS) is 12.7. The SMILES string of the molecule is C[C@@H](NC(=O)c1c(F)cc(Br)cc1F)C(=O)OC(C)(C)C. The van der Waals surface area contributed by atoms with Gasteiger partial charge in [-0.3, -0.25) is 4.79 Å². The lowest BCUT2D eigenvalue weighted by Gasteiger charge is -2.22. The fraction of sp³-hybridized carbons (Fsp3) is 0.429. The van der Waals surface area contributed by atoms with Crippen LogP contribution in [0.5, 0.6) is 0 Å². The van der Waals surface area contributed by atoms with Crippen molar-refractivity contribution >= 4 is 27.8 Å². The van der Waals surface area contributed by atoms with Gasteiger partial charge in [0.2, 0.25) is 0 Å². The summed E-state index contributed by atoms with van der Waals surface area (Å²) in [6, 6.07) is 0.908. The molecule has 0 unspecified atom stereocenters. The van der Waals surface area contributed by atoms with Crippen LogP contribution >= 0.6 is 15.9 Å². The van der Waals surface area contributed by atoms with Crippen LogP contribution in [0, 0.1) is 11.6 Å². The average Bonchev–Trinajstić information content (AvgIpc) is 2.24. The van der Waals surface area contributed by atoms with Gasteiger partial charge in [-0.1, -0.05) is 15.9 Å². The van der Waals surface area contributed by atoms with Crippen LogP contribution in [0.25, 0.3) is 0 Å².